The van der Waals surface area contributed by atoms with E-state index in [9.17, 15) is 4.79 Å². The topological polar surface area (TPSA) is 40.5 Å². The lowest BCUT2D eigenvalue weighted by Crippen LogP contribution is -2.39. The highest BCUT2D eigenvalue weighted by atomic mass is 32.2. The molecule has 1 N–H and O–H groups in total. The Hall–Kier alpha value is -0.220. The van der Waals surface area contributed by atoms with Crippen molar-refractivity contribution in [2.45, 2.75) is 32.2 Å². The Balaban J connectivity index is 3.97. The van der Waals surface area contributed by atoms with Crippen molar-refractivity contribution in [1.82, 2.24) is 4.90 Å². The van der Waals surface area contributed by atoms with Crippen molar-refractivity contribution in [3.63, 3.8) is 0 Å². The number of nitrogens with zero attached hydrogens (tertiary/aromatic N) is 1. The molecule has 0 aromatic heterocycles. The Kier molecular flexibility index (Phi) is 7.99. The molecule has 14 heavy (non-hydrogen) atoms. The number of carboxylic acid groups (broad SMARTS) is 1. The van der Waals surface area contributed by atoms with Gasteiger partial charge in [-0.1, -0.05) is 19.8 Å². The number of hydrogen-bond acceptors (Lipinski definition) is 3. The van der Waals surface area contributed by atoms with Crippen molar-refractivity contribution < 1.29 is 9.90 Å². The second-order valence-electron chi connectivity index (χ2n) is 3.47. The Labute approximate surface area is 90.9 Å². The minimum absolute atomic E-state index is 0.304. The number of carboxylic acids is 1. The van der Waals surface area contributed by atoms with Gasteiger partial charge in [0.2, 0.25) is 0 Å². The van der Waals surface area contributed by atoms with Crippen LogP contribution in [-0.2, 0) is 4.79 Å². The zero-order valence-corrected chi connectivity index (χ0v) is 10.1. The Morgan fingerprint density at radius 1 is 1.57 bits per heavy atom. The average molecular weight is 219 g/mol. The third-order valence-corrected chi connectivity index (χ3v) is 2.89. The molecule has 4 heteroatoms. The van der Waals surface area contributed by atoms with E-state index in [4.69, 9.17) is 5.11 Å². The molecule has 0 rings (SSSR count). The van der Waals surface area contributed by atoms with Gasteiger partial charge in [0.1, 0.15) is 6.04 Å². The maximum atomic E-state index is 11.0. The summed E-state index contributed by atoms with van der Waals surface area (Å²) in [5.41, 5.74) is 0. The predicted octanol–water partition coefficient (Wildman–Crippen LogP) is 1.92. The van der Waals surface area contributed by atoms with Crippen molar-refractivity contribution in [2.24, 2.45) is 0 Å². The highest BCUT2D eigenvalue weighted by molar-refractivity contribution is 7.98. The van der Waals surface area contributed by atoms with Gasteiger partial charge in [-0.3, -0.25) is 9.69 Å². The molecule has 0 saturated carbocycles. The molecule has 0 aliphatic carbocycles. The summed E-state index contributed by atoms with van der Waals surface area (Å²) < 4.78 is 0. The summed E-state index contributed by atoms with van der Waals surface area (Å²) in [6.07, 6.45) is 4.84. The van der Waals surface area contributed by atoms with Gasteiger partial charge in [-0.15, -0.1) is 0 Å². The predicted molar refractivity (Wildman–Crippen MR) is 62.0 cm³/mol. The fourth-order valence-corrected chi connectivity index (χ4v) is 1.79. The van der Waals surface area contributed by atoms with E-state index in [0.29, 0.717) is 0 Å². The normalized spacial score (nSPS) is 13.1. The van der Waals surface area contributed by atoms with Crippen LogP contribution < -0.4 is 0 Å². The molecule has 0 spiro atoms. The third-order valence-electron chi connectivity index (χ3n) is 2.30. The van der Waals surface area contributed by atoms with Crippen molar-refractivity contribution >= 4 is 17.7 Å². The monoisotopic (exact) mass is 219 g/mol. The summed E-state index contributed by atoms with van der Waals surface area (Å²) in [6.45, 7) is 2.93. The van der Waals surface area contributed by atoms with Crippen LogP contribution in [0.4, 0.5) is 0 Å². The Morgan fingerprint density at radius 3 is 2.64 bits per heavy atom. The second kappa shape index (κ2) is 8.12. The van der Waals surface area contributed by atoms with Crippen LogP contribution in [0.3, 0.4) is 0 Å². The Bertz CT molecular complexity index is 164. The molecule has 1 atom stereocenters. The molecular weight excluding hydrogens is 198 g/mol. The molecule has 0 radical (unpaired) electrons. The van der Waals surface area contributed by atoms with E-state index in [1.165, 1.54) is 0 Å². The maximum Gasteiger partial charge on any atom is 0.320 e. The molecule has 0 fully saturated rings. The van der Waals surface area contributed by atoms with Gasteiger partial charge in [0.25, 0.3) is 0 Å². The molecule has 0 aliphatic rings. The second-order valence-corrected chi connectivity index (χ2v) is 4.46. The quantitative estimate of drug-likeness (QED) is 0.677. The summed E-state index contributed by atoms with van der Waals surface area (Å²) in [5, 5.41) is 9.02. The summed E-state index contributed by atoms with van der Waals surface area (Å²) in [7, 11) is 1.89. The van der Waals surface area contributed by atoms with Gasteiger partial charge in [-0.05, 0) is 19.7 Å². The molecule has 84 valence electrons. The lowest BCUT2D eigenvalue weighted by molar-refractivity contribution is -0.143. The molecule has 0 saturated heterocycles. The van der Waals surface area contributed by atoms with E-state index in [1.807, 2.05) is 18.2 Å². The van der Waals surface area contributed by atoms with Crippen LogP contribution in [0.2, 0.25) is 0 Å². The van der Waals surface area contributed by atoms with Gasteiger partial charge in [0.15, 0.2) is 0 Å². The van der Waals surface area contributed by atoms with Crippen molar-refractivity contribution in [1.29, 1.82) is 0 Å². The summed E-state index contributed by atoms with van der Waals surface area (Å²) in [6, 6.07) is -0.304. The van der Waals surface area contributed by atoms with Gasteiger partial charge in [0.05, 0.1) is 0 Å². The van der Waals surface area contributed by atoms with Crippen LogP contribution in [0.5, 0.6) is 0 Å². The molecule has 0 heterocycles. The zero-order valence-electron chi connectivity index (χ0n) is 9.32. The number of unbranched alkanes of at least 4 members (excludes halogenated alkanes) is 1. The first-order valence-electron chi connectivity index (χ1n) is 5.05. The lowest BCUT2D eigenvalue weighted by atomic mass is 10.1. The molecule has 1 unspecified atom stereocenters. The number of hydrogen-bond donors (Lipinski definition) is 1. The van der Waals surface area contributed by atoms with E-state index >= 15 is 0 Å². The lowest BCUT2D eigenvalue weighted by Gasteiger charge is -2.23. The Morgan fingerprint density at radius 2 is 2.21 bits per heavy atom. The standard InChI is InChI=1S/C10H21NO2S/c1-4-5-6-9(10(12)13)11(2)7-8-14-3/h9H,4-8H2,1-3H3,(H,12,13). The highest BCUT2D eigenvalue weighted by Gasteiger charge is 2.20. The first-order chi connectivity index (χ1) is 6.63. The van der Waals surface area contributed by atoms with E-state index in [0.717, 1.165) is 31.6 Å². The first kappa shape index (κ1) is 13.8. The van der Waals surface area contributed by atoms with Gasteiger partial charge in [0, 0.05) is 12.3 Å². The molecule has 0 amide bonds. The largest absolute Gasteiger partial charge is 0.480 e. The van der Waals surface area contributed by atoms with Crippen molar-refractivity contribution in [3.8, 4) is 0 Å². The molecular formula is C10H21NO2S. The van der Waals surface area contributed by atoms with Gasteiger partial charge in [-0.25, -0.2) is 0 Å². The van der Waals surface area contributed by atoms with Crippen LogP contribution in [0.25, 0.3) is 0 Å². The first-order valence-corrected chi connectivity index (χ1v) is 6.44. The van der Waals surface area contributed by atoms with E-state index in [1.54, 1.807) is 11.8 Å². The highest BCUT2D eigenvalue weighted by Crippen LogP contribution is 2.08. The van der Waals surface area contributed by atoms with Crippen LogP contribution in [0.1, 0.15) is 26.2 Å². The maximum absolute atomic E-state index is 11.0. The van der Waals surface area contributed by atoms with Crippen LogP contribution in [0.15, 0.2) is 0 Å². The molecule has 0 aliphatic heterocycles. The zero-order chi connectivity index (χ0) is 11.0. The number of thioether (sulfide) groups is 1. The smallest absolute Gasteiger partial charge is 0.320 e. The number of likely N-dealkylation sites (N-methyl/N-ethyl adjacent to an activating group) is 1. The van der Waals surface area contributed by atoms with E-state index in [2.05, 4.69) is 6.92 Å². The summed E-state index contributed by atoms with van der Waals surface area (Å²) >= 11 is 1.75. The molecule has 0 bridgehead atoms. The third kappa shape index (κ3) is 5.50. The average Bonchev–Trinajstić information content (AvgIpc) is 2.14. The van der Waals surface area contributed by atoms with Crippen molar-refractivity contribution in [3.05, 3.63) is 0 Å². The SMILES string of the molecule is CCCCC(C(=O)O)N(C)CCSC. The fraction of sp³-hybridized carbons (Fsp3) is 0.900. The van der Waals surface area contributed by atoms with Crippen LogP contribution in [0, 0.1) is 0 Å². The summed E-state index contributed by atoms with van der Waals surface area (Å²) in [4.78, 5) is 12.9. The molecule has 0 aromatic carbocycles. The van der Waals surface area contributed by atoms with Crippen LogP contribution >= 0.6 is 11.8 Å². The fourth-order valence-electron chi connectivity index (χ4n) is 1.32. The number of carbonyl (C=O) groups is 1. The molecule has 3 nitrogen and oxygen atoms in total. The minimum Gasteiger partial charge on any atom is -0.480 e. The van der Waals surface area contributed by atoms with Gasteiger partial charge >= 0.3 is 5.97 Å². The van der Waals surface area contributed by atoms with Crippen molar-refractivity contribution in [2.75, 3.05) is 25.6 Å². The minimum atomic E-state index is -0.693. The van der Waals surface area contributed by atoms with Gasteiger partial charge in [-0.2, -0.15) is 11.8 Å². The van der Waals surface area contributed by atoms with Gasteiger partial charge < -0.3 is 5.11 Å². The molecule has 0 aromatic rings. The summed E-state index contributed by atoms with van der Waals surface area (Å²) in [5.74, 6) is 0.300. The van der Waals surface area contributed by atoms with E-state index in [-0.39, 0.29) is 6.04 Å². The number of aliphatic carboxylic acids is 1. The van der Waals surface area contributed by atoms with E-state index < -0.39 is 5.97 Å². The van der Waals surface area contributed by atoms with Crippen LogP contribution in [-0.4, -0.2) is 47.6 Å². The number of rotatable bonds is 8.